The van der Waals surface area contributed by atoms with Gasteiger partial charge in [0, 0.05) is 22.8 Å². The molecule has 1 heterocycles. The Hall–Kier alpha value is -1.44. The number of amides is 1. The van der Waals surface area contributed by atoms with Crippen LogP contribution in [-0.2, 0) is 15.3 Å². The second-order valence-corrected chi connectivity index (χ2v) is 6.85. The van der Waals surface area contributed by atoms with Crippen molar-refractivity contribution in [3.05, 3.63) is 35.7 Å². The molecule has 0 atom stereocenters. The molecule has 2 rings (SSSR count). The predicted octanol–water partition coefficient (Wildman–Crippen LogP) is 3.72. The van der Waals surface area contributed by atoms with Gasteiger partial charge in [-0.25, -0.2) is 4.98 Å². The second kappa shape index (κ2) is 9.76. The van der Waals surface area contributed by atoms with E-state index in [-0.39, 0.29) is 12.6 Å². The van der Waals surface area contributed by atoms with Crippen molar-refractivity contribution in [2.45, 2.75) is 24.5 Å². The number of rotatable bonds is 9. The van der Waals surface area contributed by atoms with Crippen molar-refractivity contribution < 1.29 is 13.9 Å². The van der Waals surface area contributed by atoms with E-state index in [0.29, 0.717) is 24.0 Å². The lowest BCUT2D eigenvalue weighted by Gasteiger charge is -2.04. The molecule has 0 fully saturated rings. The van der Waals surface area contributed by atoms with E-state index in [4.69, 9.17) is 9.15 Å². The predicted molar refractivity (Wildman–Crippen MR) is 99.3 cm³/mol. The quantitative estimate of drug-likeness (QED) is 0.415. The minimum absolute atomic E-state index is 0.0394. The van der Waals surface area contributed by atoms with Gasteiger partial charge in [-0.05, 0) is 44.4 Å². The lowest BCUT2D eigenvalue weighted by molar-refractivity contribution is -0.120. The first-order valence-electron chi connectivity index (χ1n) is 7.67. The van der Waals surface area contributed by atoms with Crippen molar-refractivity contribution in [2.24, 2.45) is 0 Å². The van der Waals surface area contributed by atoms with Crippen molar-refractivity contribution in [1.29, 1.82) is 0 Å². The molecule has 1 amide bonds. The van der Waals surface area contributed by atoms with Gasteiger partial charge in [0.2, 0.25) is 11.8 Å². The number of nitrogens with one attached hydrogen (secondary N) is 1. The first-order valence-corrected chi connectivity index (χ1v) is 10.0. The molecule has 2 aromatic rings. The number of aryl methyl sites for hydroxylation is 1. The van der Waals surface area contributed by atoms with Crippen molar-refractivity contribution in [1.82, 2.24) is 10.3 Å². The summed E-state index contributed by atoms with van der Waals surface area (Å²) in [4.78, 5) is 17.4. The molecule has 0 aliphatic heterocycles. The highest BCUT2D eigenvalue weighted by Crippen LogP contribution is 2.26. The SMILES string of the molecule is CCOCNC(=O)CSCc1nc(-c2ccc(SC)cc2)oc1C. The molecule has 0 unspecified atom stereocenters. The number of nitrogens with zero attached hydrogens (tertiary/aromatic N) is 1. The maximum absolute atomic E-state index is 11.6. The largest absolute Gasteiger partial charge is 0.441 e. The number of ether oxygens (including phenoxy) is 1. The highest BCUT2D eigenvalue weighted by atomic mass is 32.2. The maximum atomic E-state index is 11.6. The molecule has 1 N–H and O–H groups in total. The third-order valence-corrected chi connectivity index (χ3v) is 4.96. The molecule has 1 aromatic carbocycles. The minimum Gasteiger partial charge on any atom is -0.441 e. The Balaban J connectivity index is 1.88. The number of hydrogen-bond donors (Lipinski definition) is 1. The summed E-state index contributed by atoms with van der Waals surface area (Å²) >= 11 is 3.21. The summed E-state index contributed by atoms with van der Waals surface area (Å²) < 4.78 is 10.8. The molecule has 5 nitrogen and oxygen atoms in total. The van der Waals surface area contributed by atoms with E-state index in [1.807, 2.05) is 32.2 Å². The fourth-order valence-corrected chi connectivity index (χ4v) is 3.20. The summed E-state index contributed by atoms with van der Waals surface area (Å²) in [7, 11) is 0. The highest BCUT2D eigenvalue weighted by Gasteiger charge is 2.12. The fraction of sp³-hybridized carbons (Fsp3) is 0.412. The summed E-state index contributed by atoms with van der Waals surface area (Å²) in [5.74, 6) is 2.39. The average Bonchev–Trinajstić information content (AvgIpc) is 2.96. The van der Waals surface area contributed by atoms with Gasteiger partial charge in [0.05, 0.1) is 11.4 Å². The molecule has 0 spiro atoms. The van der Waals surface area contributed by atoms with Crippen LogP contribution in [0.2, 0.25) is 0 Å². The monoisotopic (exact) mass is 366 g/mol. The van der Waals surface area contributed by atoms with Gasteiger partial charge in [-0.15, -0.1) is 23.5 Å². The lowest BCUT2D eigenvalue weighted by Crippen LogP contribution is -2.27. The van der Waals surface area contributed by atoms with Gasteiger partial charge in [0.25, 0.3) is 0 Å². The van der Waals surface area contributed by atoms with Crippen LogP contribution in [0.25, 0.3) is 11.5 Å². The number of aromatic nitrogens is 1. The van der Waals surface area contributed by atoms with Crippen LogP contribution >= 0.6 is 23.5 Å². The van der Waals surface area contributed by atoms with Crippen LogP contribution in [0.4, 0.5) is 0 Å². The molecule has 1 aromatic heterocycles. The smallest absolute Gasteiger partial charge is 0.231 e. The number of oxazole rings is 1. The summed E-state index contributed by atoms with van der Waals surface area (Å²) in [6.45, 7) is 4.64. The summed E-state index contributed by atoms with van der Waals surface area (Å²) in [6.07, 6.45) is 2.05. The molecular weight excluding hydrogens is 344 g/mol. The molecule has 24 heavy (non-hydrogen) atoms. The Labute approximate surface area is 150 Å². The van der Waals surface area contributed by atoms with Crippen LogP contribution in [0, 0.1) is 6.92 Å². The summed E-state index contributed by atoms with van der Waals surface area (Å²) in [6, 6.07) is 8.12. The van der Waals surface area contributed by atoms with Crippen molar-refractivity contribution in [2.75, 3.05) is 25.3 Å². The lowest BCUT2D eigenvalue weighted by atomic mass is 10.2. The van der Waals surface area contributed by atoms with E-state index in [2.05, 4.69) is 22.4 Å². The van der Waals surface area contributed by atoms with Crippen LogP contribution in [0.1, 0.15) is 18.4 Å². The fourth-order valence-electron chi connectivity index (χ4n) is 1.94. The van der Waals surface area contributed by atoms with Gasteiger partial charge in [-0.2, -0.15) is 0 Å². The number of benzene rings is 1. The van der Waals surface area contributed by atoms with Gasteiger partial charge < -0.3 is 14.5 Å². The zero-order chi connectivity index (χ0) is 17.4. The molecule has 0 saturated heterocycles. The molecule has 0 aliphatic rings. The molecule has 7 heteroatoms. The van der Waals surface area contributed by atoms with E-state index >= 15 is 0 Å². The van der Waals surface area contributed by atoms with Crippen LogP contribution in [0.3, 0.4) is 0 Å². The normalized spacial score (nSPS) is 10.8. The van der Waals surface area contributed by atoms with Crippen molar-refractivity contribution >= 4 is 29.4 Å². The molecule has 0 radical (unpaired) electrons. The van der Waals surface area contributed by atoms with Crippen LogP contribution in [0.15, 0.2) is 33.6 Å². The van der Waals surface area contributed by atoms with E-state index in [1.54, 1.807) is 11.8 Å². The average molecular weight is 367 g/mol. The first-order chi connectivity index (χ1) is 11.6. The van der Waals surface area contributed by atoms with Crippen LogP contribution < -0.4 is 5.32 Å². The van der Waals surface area contributed by atoms with Gasteiger partial charge in [-0.3, -0.25) is 4.79 Å². The molecule has 130 valence electrons. The standard InChI is InChI=1S/C17H22N2O3S2/c1-4-21-11-18-16(20)10-24-9-15-12(2)22-17(19-15)13-5-7-14(23-3)8-6-13/h5-8H,4,9-11H2,1-3H3,(H,18,20). The van der Waals surface area contributed by atoms with E-state index in [0.717, 1.165) is 17.0 Å². The Morgan fingerprint density at radius 1 is 1.33 bits per heavy atom. The number of carbonyl (C=O) groups is 1. The van der Waals surface area contributed by atoms with Gasteiger partial charge in [-0.1, -0.05) is 0 Å². The van der Waals surface area contributed by atoms with Gasteiger partial charge >= 0.3 is 0 Å². The summed E-state index contributed by atoms with van der Waals surface area (Å²) in [5.41, 5.74) is 1.84. The number of hydrogen-bond acceptors (Lipinski definition) is 6. The van der Waals surface area contributed by atoms with Crippen molar-refractivity contribution in [3.8, 4) is 11.5 Å². The Morgan fingerprint density at radius 2 is 2.08 bits per heavy atom. The zero-order valence-corrected chi connectivity index (χ0v) is 15.8. The number of carbonyl (C=O) groups excluding carboxylic acids is 1. The van der Waals surface area contributed by atoms with Crippen LogP contribution in [0.5, 0.6) is 0 Å². The zero-order valence-electron chi connectivity index (χ0n) is 14.1. The summed E-state index contributed by atoms with van der Waals surface area (Å²) in [5, 5.41) is 2.70. The van der Waals surface area contributed by atoms with Gasteiger partial charge in [0.1, 0.15) is 12.5 Å². The third kappa shape index (κ3) is 5.58. The van der Waals surface area contributed by atoms with Crippen molar-refractivity contribution in [3.63, 3.8) is 0 Å². The number of thioether (sulfide) groups is 2. The Morgan fingerprint density at radius 3 is 2.75 bits per heavy atom. The molecule has 0 bridgehead atoms. The second-order valence-electron chi connectivity index (χ2n) is 4.98. The van der Waals surface area contributed by atoms with E-state index in [9.17, 15) is 4.79 Å². The Kier molecular flexibility index (Phi) is 7.68. The van der Waals surface area contributed by atoms with Crippen LogP contribution in [-0.4, -0.2) is 36.2 Å². The minimum atomic E-state index is -0.0394. The third-order valence-electron chi connectivity index (χ3n) is 3.28. The molecule has 0 saturated carbocycles. The first kappa shape index (κ1) is 18.9. The van der Waals surface area contributed by atoms with E-state index in [1.165, 1.54) is 16.7 Å². The van der Waals surface area contributed by atoms with Gasteiger partial charge in [0.15, 0.2) is 0 Å². The van der Waals surface area contributed by atoms with E-state index < -0.39 is 0 Å². The topological polar surface area (TPSA) is 64.4 Å². The maximum Gasteiger partial charge on any atom is 0.231 e. The Bertz CT molecular complexity index is 656. The highest BCUT2D eigenvalue weighted by molar-refractivity contribution is 7.99. The molecule has 0 aliphatic carbocycles. The molecular formula is C17H22N2O3S2.